The van der Waals surface area contributed by atoms with E-state index >= 15 is 0 Å². The number of nitrogens with zero attached hydrogens (tertiary/aromatic N) is 1. The lowest BCUT2D eigenvalue weighted by atomic mass is 9.93. The van der Waals surface area contributed by atoms with Crippen LogP contribution in [0.3, 0.4) is 0 Å². The van der Waals surface area contributed by atoms with Crippen molar-refractivity contribution in [2.24, 2.45) is 5.92 Å². The van der Waals surface area contributed by atoms with E-state index in [1.807, 2.05) is 0 Å². The Morgan fingerprint density at radius 1 is 1.33 bits per heavy atom. The number of likely N-dealkylation sites (tertiary alicyclic amines) is 1. The smallest absolute Gasteiger partial charge is 0.102 e. The van der Waals surface area contributed by atoms with Gasteiger partial charge in [0.1, 0.15) is 5.83 Å². The number of hydrogen-bond donors (Lipinski definition) is 0. The summed E-state index contributed by atoms with van der Waals surface area (Å²) in [6.45, 7) is 3.05. The van der Waals surface area contributed by atoms with Crippen molar-refractivity contribution in [3.05, 3.63) is 11.9 Å². The third-order valence-corrected chi connectivity index (χ3v) is 4.00. The van der Waals surface area contributed by atoms with Gasteiger partial charge in [0.05, 0.1) is 0 Å². The van der Waals surface area contributed by atoms with Crippen molar-refractivity contribution in [3.63, 3.8) is 0 Å². The van der Waals surface area contributed by atoms with Crippen LogP contribution in [0.5, 0.6) is 0 Å². The molecule has 3 heteroatoms. The second-order valence-corrected chi connectivity index (χ2v) is 5.21. The van der Waals surface area contributed by atoms with E-state index in [1.54, 1.807) is 6.08 Å². The first-order chi connectivity index (χ1) is 7.27. The minimum Gasteiger partial charge on any atom is -0.303 e. The molecule has 1 aliphatic carbocycles. The Hall–Kier alpha value is -0.0800. The number of piperidine rings is 1. The first kappa shape index (κ1) is 11.4. The van der Waals surface area contributed by atoms with Gasteiger partial charge in [0.25, 0.3) is 0 Å². The summed E-state index contributed by atoms with van der Waals surface area (Å²) in [5.74, 6) is -0.0367. The van der Waals surface area contributed by atoms with E-state index < -0.39 is 0 Å². The van der Waals surface area contributed by atoms with Crippen LogP contribution in [-0.4, -0.2) is 29.9 Å². The molecule has 15 heavy (non-hydrogen) atoms. The van der Waals surface area contributed by atoms with Gasteiger partial charge in [0.2, 0.25) is 0 Å². The highest BCUT2D eigenvalue weighted by Crippen LogP contribution is 2.31. The van der Waals surface area contributed by atoms with Crippen molar-refractivity contribution in [1.29, 1.82) is 0 Å². The molecule has 1 fully saturated rings. The SMILES string of the molecule is FC1=CCCC(Cl)C1CN1CCCCC1. The lowest BCUT2D eigenvalue weighted by molar-refractivity contribution is 0.190. The van der Waals surface area contributed by atoms with Gasteiger partial charge < -0.3 is 4.90 Å². The molecule has 0 aromatic rings. The second kappa shape index (κ2) is 5.31. The maximum Gasteiger partial charge on any atom is 0.102 e. The highest BCUT2D eigenvalue weighted by molar-refractivity contribution is 6.21. The van der Waals surface area contributed by atoms with Crippen LogP contribution in [0.1, 0.15) is 32.1 Å². The summed E-state index contributed by atoms with van der Waals surface area (Å²) in [5.41, 5.74) is 0. The number of hydrogen-bond acceptors (Lipinski definition) is 1. The van der Waals surface area contributed by atoms with Crippen LogP contribution < -0.4 is 0 Å². The highest BCUT2D eigenvalue weighted by atomic mass is 35.5. The van der Waals surface area contributed by atoms with Crippen LogP contribution in [0.25, 0.3) is 0 Å². The predicted octanol–water partition coefficient (Wildman–Crippen LogP) is 3.34. The molecule has 0 N–H and O–H groups in total. The van der Waals surface area contributed by atoms with Crippen molar-refractivity contribution < 1.29 is 4.39 Å². The lowest BCUT2D eigenvalue weighted by Gasteiger charge is -2.33. The van der Waals surface area contributed by atoms with E-state index in [-0.39, 0.29) is 17.1 Å². The van der Waals surface area contributed by atoms with E-state index in [0.29, 0.717) is 0 Å². The molecule has 2 rings (SSSR count). The van der Waals surface area contributed by atoms with Gasteiger partial charge in [-0.3, -0.25) is 0 Å². The molecule has 2 unspecified atom stereocenters. The first-order valence-corrected chi connectivity index (χ1v) is 6.43. The van der Waals surface area contributed by atoms with E-state index in [1.165, 1.54) is 19.3 Å². The standard InChI is InChI=1S/C12H19ClFN/c13-11-5-4-6-12(14)10(11)9-15-7-2-1-3-8-15/h6,10-11H,1-5,7-9H2. The second-order valence-electron chi connectivity index (χ2n) is 4.65. The van der Waals surface area contributed by atoms with Gasteiger partial charge in [0, 0.05) is 17.8 Å². The van der Waals surface area contributed by atoms with E-state index in [9.17, 15) is 4.39 Å². The van der Waals surface area contributed by atoms with Gasteiger partial charge in [-0.1, -0.05) is 12.5 Å². The maximum absolute atomic E-state index is 13.6. The first-order valence-electron chi connectivity index (χ1n) is 5.99. The number of allylic oxidation sites excluding steroid dienone is 1. The predicted molar refractivity (Wildman–Crippen MR) is 61.8 cm³/mol. The summed E-state index contributed by atoms with van der Waals surface area (Å²) in [4.78, 5) is 2.36. The lowest BCUT2D eigenvalue weighted by Crippen LogP contribution is -2.38. The number of rotatable bonds is 2. The monoisotopic (exact) mass is 231 g/mol. The molecule has 86 valence electrons. The molecule has 0 aromatic carbocycles. The van der Waals surface area contributed by atoms with Gasteiger partial charge in [0.15, 0.2) is 0 Å². The highest BCUT2D eigenvalue weighted by Gasteiger charge is 2.28. The molecule has 1 nitrogen and oxygen atoms in total. The Kier molecular flexibility index (Phi) is 4.04. The molecule has 0 saturated carbocycles. The summed E-state index contributed by atoms with van der Waals surface area (Å²) in [5, 5.41) is -0.00285. The Balaban J connectivity index is 1.91. The average molecular weight is 232 g/mol. The van der Waals surface area contributed by atoms with Crippen LogP contribution >= 0.6 is 11.6 Å². The Bertz CT molecular complexity index is 236. The summed E-state index contributed by atoms with van der Waals surface area (Å²) < 4.78 is 13.6. The molecule has 0 radical (unpaired) electrons. The van der Waals surface area contributed by atoms with Crippen molar-refractivity contribution in [1.82, 2.24) is 4.90 Å². The quantitative estimate of drug-likeness (QED) is 0.659. The van der Waals surface area contributed by atoms with E-state index in [2.05, 4.69) is 4.90 Å². The molecule has 0 aromatic heterocycles. The van der Waals surface area contributed by atoms with Crippen LogP contribution in [0, 0.1) is 5.92 Å². The van der Waals surface area contributed by atoms with Crippen molar-refractivity contribution in [2.75, 3.05) is 19.6 Å². The summed E-state index contributed by atoms with van der Waals surface area (Å²) in [6.07, 6.45) is 7.28. The van der Waals surface area contributed by atoms with Gasteiger partial charge in [-0.25, -0.2) is 4.39 Å². The molecule has 0 bridgehead atoms. The summed E-state index contributed by atoms with van der Waals surface area (Å²) >= 11 is 6.19. The molecule has 2 aliphatic rings. The minimum atomic E-state index is -0.0569. The normalized spacial score (nSPS) is 33.9. The van der Waals surface area contributed by atoms with Crippen LogP contribution in [0.2, 0.25) is 0 Å². The van der Waals surface area contributed by atoms with Gasteiger partial charge in [-0.05, 0) is 38.8 Å². The van der Waals surface area contributed by atoms with Gasteiger partial charge in [-0.15, -0.1) is 11.6 Å². The Labute approximate surface area is 96.3 Å². The number of alkyl halides is 1. The molecule has 0 spiro atoms. The van der Waals surface area contributed by atoms with Crippen LogP contribution in [-0.2, 0) is 0 Å². The van der Waals surface area contributed by atoms with Crippen molar-refractivity contribution in [2.45, 2.75) is 37.5 Å². The van der Waals surface area contributed by atoms with Crippen molar-refractivity contribution in [3.8, 4) is 0 Å². The summed E-state index contributed by atoms with van der Waals surface area (Å²) in [6, 6.07) is 0. The fourth-order valence-electron chi connectivity index (χ4n) is 2.53. The molecule has 1 heterocycles. The zero-order valence-corrected chi connectivity index (χ0v) is 9.85. The van der Waals surface area contributed by atoms with E-state index in [0.717, 1.165) is 32.5 Å². The maximum atomic E-state index is 13.6. The van der Waals surface area contributed by atoms with Crippen LogP contribution in [0.4, 0.5) is 4.39 Å². The molecular formula is C12H19ClFN. The molecular weight excluding hydrogens is 213 g/mol. The number of halogens is 2. The zero-order chi connectivity index (χ0) is 10.7. The molecule has 0 amide bonds. The minimum absolute atomic E-state index is 0.00285. The van der Waals surface area contributed by atoms with Gasteiger partial charge in [-0.2, -0.15) is 0 Å². The Morgan fingerprint density at radius 3 is 2.73 bits per heavy atom. The van der Waals surface area contributed by atoms with Crippen LogP contribution in [0.15, 0.2) is 11.9 Å². The zero-order valence-electron chi connectivity index (χ0n) is 9.09. The topological polar surface area (TPSA) is 3.24 Å². The molecule has 1 saturated heterocycles. The third kappa shape index (κ3) is 2.94. The fourth-order valence-corrected chi connectivity index (χ4v) is 2.85. The molecule has 2 atom stereocenters. The third-order valence-electron chi connectivity index (χ3n) is 3.48. The average Bonchev–Trinajstić information content (AvgIpc) is 2.25. The van der Waals surface area contributed by atoms with E-state index in [4.69, 9.17) is 11.6 Å². The van der Waals surface area contributed by atoms with Gasteiger partial charge >= 0.3 is 0 Å². The fraction of sp³-hybridized carbons (Fsp3) is 0.833. The Morgan fingerprint density at radius 2 is 2.07 bits per heavy atom. The van der Waals surface area contributed by atoms with Crippen molar-refractivity contribution >= 4 is 11.6 Å². The molecule has 1 aliphatic heterocycles. The largest absolute Gasteiger partial charge is 0.303 e. The summed E-state index contributed by atoms with van der Waals surface area (Å²) in [7, 11) is 0.